The lowest BCUT2D eigenvalue weighted by Crippen LogP contribution is -2.02. The highest BCUT2D eigenvalue weighted by Crippen LogP contribution is 2.27. The molecule has 19 heavy (non-hydrogen) atoms. The third-order valence-corrected chi connectivity index (χ3v) is 6.78. The van der Waals surface area contributed by atoms with Gasteiger partial charge in [0.25, 0.3) is 0 Å². The molecule has 106 valence electrons. The molecule has 5 heteroatoms. The van der Waals surface area contributed by atoms with Crippen LogP contribution in [0.2, 0.25) is 0 Å². The van der Waals surface area contributed by atoms with Gasteiger partial charge in [-0.2, -0.15) is 0 Å². The largest absolute Gasteiger partial charge is 0.218 e. The molecule has 0 aliphatic heterocycles. The van der Waals surface area contributed by atoms with Crippen LogP contribution in [0.4, 0.5) is 0 Å². The van der Waals surface area contributed by atoms with E-state index in [9.17, 15) is 8.42 Å². The van der Waals surface area contributed by atoms with Crippen LogP contribution in [-0.4, -0.2) is 19.1 Å². The van der Waals surface area contributed by atoms with E-state index in [1.54, 1.807) is 12.1 Å². The fourth-order valence-corrected chi connectivity index (χ4v) is 4.65. The van der Waals surface area contributed by atoms with Gasteiger partial charge in [0, 0.05) is 0 Å². The molecule has 0 aliphatic carbocycles. The van der Waals surface area contributed by atoms with Crippen LogP contribution >= 0.6 is 34.4 Å². The third kappa shape index (κ3) is 5.11. The van der Waals surface area contributed by atoms with Gasteiger partial charge in [0.2, 0.25) is 9.84 Å². The number of benzene rings is 1. The second-order valence-electron chi connectivity index (χ2n) is 4.23. The fourth-order valence-electron chi connectivity index (χ4n) is 1.60. The zero-order valence-electron chi connectivity index (χ0n) is 11.2. The zero-order valence-corrected chi connectivity index (χ0v) is 15.0. The minimum absolute atomic E-state index is 0.382. The Morgan fingerprint density at radius 3 is 2.42 bits per heavy atom. The van der Waals surface area contributed by atoms with Crippen LogP contribution in [0.3, 0.4) is 0 Å². The number of sulfone groups is 1. The van der Waals surface area contributed by atoms with Crippen molar-refractivity contribution in [2.24, 2.45) is 0 Å². The molecule has 1 aromatic rings. The molecule has 0 fully saturated rings. The number of aryl methyl sites for hydroxylation is 1. The molecule has 0 aromatic heterocycles. The molecule has 0 unspecified atom stereocenters. The molecule has 0 amide bonds. The lowest BCUT2D eigenvalue weighted by molar-refractivity contribution is 0.603. The Bertz CT molecular complexity index is 519. The predicted octanol–water partition coefficient (Wildman–Crippen LogP) is 4.58. The van der Waals surface area contributed by atoms with Gasteiger partial charge in [-0.1, -0.05) is 46.4 Å². The summed E-state index contributed by atoms with van der Waals surface area (Å²) in [6.45, 7) is 1.95. The number of rotatable bonds is 7. The Labute approximate surface area is 134 Å². The molecule has 0 atom stereocenters. The Morgan fingerprint density at radius 1 is 1.26 bits per heavy atom. The van der Waals surface area contributed by atoms with E-state index in [1.165, 1.54) is 11.8 Å². The highest BCUT2D eigenvalue weighted by Gasteiger charge is 2.19. The maximum absolute atomic E-state index is 12.4. The van der Waals surface area contributed by atoms with Crippen LogP contribution in [0.25, 0.3) is 0 Å². The monoisotopic (exact) mass is 410 g/mol. The van der Waals surface area contributed by atoms with Crippen LogP contribution in [0.5, 0.6) is 0 Å². The molecular weight excluding hydrogens is 391 g/mol. The van der Waals surface area contributed by atoms with Crippen LogP contribution in [0.1, 0.15) is 24.8 Å². The second kappa shape index (κ2) is 8.32. The van der Waals surface area contributed by atoms with E-state index in [4.69, 9.17) is 0 Å². The van der Waals surface area contributed by atoms with Crippen molar-refractivity contribution in [3.05, 3.63) is 40.1 Å². The average Bonchev–Trinajstić information content (AvgIpc) is 2.39. The molecule has 2 nitrogen and oxygen atoms in total. The Morgan fingerprint density at radius 2 is 1.89 bits per heavy atom. The Balaban J connectivity index is 2.92. The Kier molecular flexibility index (Phi) is 7.46. The van der Waals surface area contributed by atoms with Gasteiger partial charge < -0.3 is 0 Å². The van der Waals surface area contributed by atoms with E-state index in [-0.39, 0.29) is 0 Å². The van der Waals surface area contributed by atoms with Crippen LogP contribution in [0.15, 0.2) is 39.5 Å². The van der Waals surface area contributed by atoms with Gasteiger partial charge in [0.1, 0.15) is 4.24 Å². The molecule has 0 heterocycles. The predicted molar refractivity (Wildman–Crippen MR) is 92.7 cm³/mol. The highest BCUT2D eigenvalue weighted by atomic mass is 127. The first kappa shape index (κ1) is 17.0. The number of hydrogen-bond donors (Lipinski definition) is 0. The summed E-state index contributed by atoms with van der Waals surface area (Å²) in [6, 6.07) is 7.03. The molecule has 1 aromatic carbocycles. The van der Waals surface area contributed by atoms with E-state index in [0.29, 0.717) is 9.13 Å². The number of alkyl halides is 1. The van der Waals surface area contributed by atoms with Crippen LogP contribution in [-0.2, 0) is 9.84 Å². The van der Waals surface area contributed by atoms with Crippen molar-refractivity contribution in [2.75, 3.05) is 10.7 Å². The van der Waals surface area contributed by atoms with Gasteiger partial charge in [-0.25, -0.2) is 8.42 Å². The standard InChI is InChI=1S/C14H19IO2S2/c1-12-7-9-13(10-8-12)19(16,17)14(18-2)6-4-3-5-11-15/h6-10H,3-5,11H2,1-2H3. The first-order valence-electron chi connectivity index (χ1n) is 6.14. The normalized spacial score (nSPS) is 12.7. The van der Waals surface area contributed by atoms with Crippen molar-refractivity contribution in [3.8, 4) is 0 Å². The SMILES string of the molecule is CSC(=CCCCCI)S(=O)(=O)c1ccc(C)cc1. The maximum atomic E-state index is 12.4. The van der Waals surface area contributed by atoms with E-state index < -0.39 is 9.84 Å². The average molecular weight is 410 g/mol. The molecule has 0 bridgehead atoms. The summed E-state index contributed by atoms with van der Waals surface area (Å²) in [6.07, 6.45) is 6.66. The van der Waals surface area contributed by atoms with Gasteiger partial charge >= 0.3 is 0 Å². The summed E-state index contributed by atoms with van der Waals surface area (Å²) in [5.41, 5.74) is 1.07. The molecule has 0 saturated carbocycles. The smallest absolute Gasteiger partial charge is 0.212 e. The van der Waals surface area contributed by atoms with Gasteiger partial charge in [-0.15, -0.1) is 11.8 Å². The summed E-state index contributed by atoms with van der Waals surface area (Å²) in [5, 5.41) is 0. The molecule has 0 radical (unpaired) electrons. The maximum Gasteiger partial charge on any atom is 0.212 e. The molecular formula is C14H19IO2S2. The van der Waals surface area contributed by atoms with Gasteiger partial charge in [0.05, 0.1) is 4.90 Å². The molecule has 0 spiro atoms. The summed E-state index contributed by atoms with van der Waals surface area (Å²) in [5.74, 6) is 0. The highest BCUT2D eigenvalue weighted by molar-refractivity contribution is 14.1. The van der Waals surface area contributed by atoms with E-state index in [2.05, 4.69) is 22.6 Å². The minimum atomic E-state index is -3.33. The summed E-state index contributed by atoms with van der Waals surface area (Å²) in [7, 11) is -3.33. The van der Waals surface area contributed by atoms with Crippen molar-refractivity contribution in [2.45, 2.75) is 31.1 Å². The van der Waals surface area contributed by atoms with E-state index in [0.717, 1.165) is 29.3 Å². The molecule has 0 saturated heterocycles. The minimum Gasteiger partial charge on any atom is -0.218 e. The van der Waals surface area contributed by atoms with Crippen molar-refractivity contribution < 1.29 is 8.42 Å². The van der Waals surface area contributed by atoms with Crippen molar-refractivity contribution in [3.63, 3.8) is 0 Å². The number of unbranched alkanes of at least 4 members (excludes halogenated alkanes) is 2. The quantitative estimate of drug-likeness (QED) is 0.375. The first-order valence-corrected chi connectivity index (χ1v) is 10.4. The summed E-state index contributed by atoms with van der Waals surface area (Å²) in [4.78, 5) is 0.382. The first-order chi connectivity index (χ1) is 9.02. The number of thioether (sulfide) groups is 1. The lowest BCUT2D eigenvalue weighted by atomic mass is 10.2. The van der Waals surface area contributed by atoms with Crippen LogP contribution < -0.4 is 0 Å². The number of allylic oxidation sites excluding steroid dienone is 1. The third-order valence-electron chi connectivity index (χ3n) is 2.70. The van der Waals surface area contributed by atoms with E-state index >= 15 is 0 Å². The number of halogens is 1. The zero-order chi connectivity index (χ0) is 14.3. The summed E-state index contributed by atoms with van der Waals surface area (Å²) < 4.78 is 26.5. The lowest BCUT2D eigenvalue weighted by Gasteiger charge is -2.07. The van der Waals surface area contributed by atoms with Gasteiger partial charge in [-0.05, 0) is 49.0 Å². The Hall–Kier alpha value is -0.0100. The second-order valence-corrected chi connectivity index (χ2v) is 8.33. The molecule has 0 N–H and O–H groups in total. The molecule has 0 aliphatic rings. The molecule has 1 rings (SSSR count). The van der Waals surface area contributed by atoms with Crippen molar-refractivity contribution in [1.29, 1.82) is 0 Å². The van der Waals surface area contributed by atoms with E-state index in [1.807, 2.05) is 31.4 Å². The van der Waals surface area contributed by atoms with Crippen molar-refractivity contribution in [1.82, 2.24) is 0 Å². The van der Waals surface area contributed by atoms with Crippen molar-refractivity contribution >= 4 is 44.2 Å². The summed E-state index contributed by atoms with van der Waals surface area (Å²) >= 11 is 3.64. The fraction of sp³-hybridized carbons (Fsp3) is 0.429. The van der Waals surface area contributed by atoms with Crippen LogP contribution in [0, 0.1) is 6.92 Å². The van der Waals surface area contributed by atoms with Gasteiger partial charge in [0.15, 0.2) is 0 Å². The topological polar surface area (TPSA) is 34.1 Å². The van der Waals surface area contributed by atoms with Gasteiger partial charge in [-0.3, -0.25) is 0 Å². The number of hydrogen-bond acceptors (Lipinski definition) is 3.